The molecule has 2 aromatic heterocycles. The molecule has 186 valence electrons. The third-order valence-corrected chi connectivity index (χ3v) is 6.49. The van der Waals surface area contributed by atoms with Crippen molar-refractivity contribution in [2.24, 2.45) is 0 Å². The van der Waals surface area contributed by atoms with Crippen molar-refractivity contribution in [3.8, 4) is 16.8 Å². The molecule has 3 aromatic rings. The molecular formula is C24H27Cl2FN6O2. The Morgan fingerprint density at radius 2 is 2.06 bits per heavy atom. The number of hydrogen-bond donors (Lipinski definition) is 3. The van der Waals surface area contributed by atoms with Crippen molar-refractivity contribution in [3.63, 3.8) is 0 Å². The molecule has 1 aliphatic heterocycles. The highest BCUT2D eigenvalue weighted by molar-refractivity contribution is 6.33. The summed E-state index contributed by atoms with van der Waals surface area (Å²) in [5, 5.41) is 14.3. The van der Waals surface area contributed by atoms with E-state index in [0.29, 0.717) is 11.1 Å². The number of halogens is 3. The van der Waals surface area contributed by atoms with Crippen LogP contribution in [0.25, 0.3) is 16.8 Å². The first-order valence-corrected chi connectivity index (χ1v) is 11.7. The summed E-state index contributed by atoms with van der Waals surface area (Å²) in [6, 6.07) is 4.92. The lowest BCUT2D eigenvalue weighted by Crippen LogP contribution is -2.48. The van der Waals surface area contributed by atoms with Crippen molar-refractivity contribution in [2.45, 2.75) is 37.5 Å². The second kappa shape index (κ2) is 10.9. The summed E-state index contributed by atoms with van der Waals surface area (Å²) in [4.78, 5) is 16.8. The van der Waals surface area contributed by atoms with Gasteiger partial charge in [-0.3, -0.25) is 9.78 Å². The van der Waals surface area contributed by atoms with Crippen LogP contribution in [0.4, 0.5) is 10.1 Å². The highest BCUT2D eigenvalue weighted by atomic mass is 35.5. The van der Waals surface area contributed by atoms with Gasteiger partial charge in [-0.1, -0.05) is 11.6 Å². The third-order valence-electron chi connectivity index (χ3n) is 6.18. The summed E-state index contributed by atoms with van der Waals surface area (Å²) in [6.07, 6.45) is 9.75. The number of ether oxygens (including phenoxy) is 1. The number of hydrogen-bond acceptors (Lipinski definition) is 6. The van der Waals surface area contributed by atoms with E-state index < -0.39 is 11.7 Å². The van der Waals surface area contributed by atoms with Gasteiger partial charge < -0.3 is 20.7 Å². The zero-order valence-corrected chi connectivity index (χ0v) is 20.7. The van der Waals surface area contributed by atoms with E-state index in [0.717, 1.165) is 43.7 Å². The highest BCUT2D eigenvalue weighted by Crippen LogP contribution is 2.31. The number of carbonyl (C=O) groups is 1. The van der Waals surface area contributed by atoms with Crippen LogP contribution in [0.1, 0.15) is 29.6 Å². The van der Waals surface area contributed by atoms with E-state index in [1.807, 2.05) is 6.07 Å². The molecule has 0 unspecified atom stereocenters. The average Bonchev–Trinajstić information content (AvgIpc) is 3.51. The molecule has 2 fully saturated rings. The Hall–Kier alpha value is -2.72. The molecule has 1 aromatic carbocycles. The topological polar surface area (TPSA) is 93.1 Å². The molecule has 0 spiro atoms. The van der Waals surface area contributed by atoms with Gasteiger partial charge in [-0.25, -0.2) is 9.07 Å². The van der Waals surface area contributed by atoms with Gasteiger partial charge in [0, 0.05) is 37.0 Å². The van der Waals surface area contributed by atoms with Gasteiger partial charge >= 0.3 is 0 Å². The molecule has 11 heteroatoms. The zero-order valence-electron chi connectivity index (χ0n) is 19.1. The Morgan fingerprint density at radius 3 is 2.83 bits per heavy atom. The molecule has 0 bridgehead atoms. The third kappa shape index (κ3) is 5.75. The predicted molar refractivity (Wildman–Crippen MR) is 135 cm³/mol. The number of amides is 1. The number of aromatic nitrogens is 3. The molecule has 3 heterocycles. The first-order chi connectivity index (χ1) is 16.5. The van der Waals surface area contributed by atoms with Crippen LogP contribution in [0.3, 0.4) is 0 Å². The van der Waals surface area contributed by atoms with Crippen LogP contribution >= 0.6 is 24.0 Å². The molecular weight excluding hydrogens is 494 g/mol. The fourth-order valence-corrected chi connectivity index (χ4v) is 4.39. The van der Waals surface area contributed by atoms with E-state index in [-0.39, 0.29) is 41.2 Å². The van der Waals surface area contributed by atoms with Crippen LogP contribution in [-0.2, 0) is 4.74 Å². The Balaban J connectivity index is 0.00000289. The lowest BCUT2D eigenvalue weighted by molar-refractivity contribution is 0.0706. The molecule has 35 heavy (non-hydrogen) atoms. The van der Waals surface area contributed by atoms with Crippen LogP contribution in [0.2, 0.25) is 5.02 Å². The molecule has 1 amide bonds. The summed E-state index contributed by atoms with van der Waals surface area (Å²) in [5.74, 6) is -1.07. The van der Waals surface area contributed by atoms with Crippen molar-refractivity contribution >= 4 is 35.6 Å². The van der Waals surface area contributed by atoms with Gasteiger partial charge in [0.15, 0.2) is 0 Å². The molecule has 8 nitrogen and oxygen atoms in total. The number of piperidine rings is 1. The Bertz CT molecular complexity index is 1200. The van der Waals surface area contributed by atoms with Crippen molar-refractivity contribution in [2.75, 3.05) is 25.5 Å². The van der Waals surface area contributed by atoms with E-state index >= 15 is 0 Å². The van der Waals surface area contributed by atoms with Gasteiger partial charge in [0.05, 0.1) is 52.7 Å². The standard InChI is InChI=1S/C24H26ClFN6O2.ClH/c1-34-23-12-27-5-4-22(23)30-16-6-17(11-28-10-16)32-13-14(9-29-32)18-7-19(21(26)8-20(18)25)24(33)31-15-2-3-15;/h6-11,13,15,22-23,27,30H,2-5,12H2,1H3,(H,31,33);1H/t22-,23+;/m0./s1. The number of pyridine rings is 1. The summed E-state index contributed by atoms with van der Waals surface area (Å²) < 4.78 is 21.7. The van der Waals surface area contributed by atoms with Crippen molar-refractivity contribution in [1.29, 1.82) is 0 Å². The first kappa shape index (κ1) is 25.4. The molecule has 2 aliphatic rings. The predicted octanol–water partition coefficient (Wildman–Crippen LogP) is 3.83. The van der Waals surface area contributed by atoms with E-state index in [1.54, 1.807) is 36.6 Å². The van der Waals surface area contributed by atoms with Gasteiger partial charge in [-0.2, -0.15) is 5.10 Å². The van der Waals surface area contributed by atoms with Crippen molar-refractivity contribution in [1.82, 2.24) is 25.4 Å². The Morgan fingerprint density at radius 1 is 1.23 bits per heavy atom. The second-order valence-corrected chi connectivity index (χ2v) is 9.09. The maximum absolute atomic E-state index is 14.4. The summed E-state index contributed by atoms with van der Waals surface area (Å²) in [6.45, 7) is 1.72. The van der Waals surface area contributed by atoms with Gasteiger partial charge in [0.25, 0.3) is 5.91 Å². The fraction of sp³-hybridized carbons (Fsp3) is 0.375. The first-order valence-electron chi connectivity index (χ1n) is 11.3. The SMILES string of the molecule is CO[C@@H]1CNCC[C@@H]1Nc1cncc(-n2cc(-c3cc(C(=O)NC4CC4)c(F)cc3Cl)cn2)c1.Cl. The van der Waals surface area contributed by atoms with E-state index in [1.165, 1.54) is 12.1 Å². The van der Waals surface area contributed by atoms with E-state index in [2.05, 4.69) is 26.0 Å². The number of nitrogens with zero attached hydrogens (tertiary/aromatic N) is 3. The smallest absolute Gasteiger partial charge is 0.254 e. The Labute approximate surface area is 214 Å². The van der Waals surface area contributed by atoms with Crippen LogP contribution in [0.15, 0.2) is 43.0 Å². The minimum atomic E-state index is -0.644. The van der Waals surface area contributed by atoms with Gasteiger partial charge in [-0.15, -0.1) is 12.4 Å². The van der Waals surface area contributed by atoms with Gasteiger partial charge in [0.2, 0.25) is 0 Å². The minimum absolute atomic E-state index is 0. The number of carbonyl (C=O) groups excluding carboxylic acids is 1. The van der Waals surface area contributed by atoms with Crippen LogP contribution in [-0.4, -0.2) is 59.1 Å². The lowest BCUT2D eigenvalue weighted by Gasteiger charge is -2.32. The summed E-state index contributed by atoms with van der Waals surface area (Å²) in [7, 11) is 1.72. The number of anilines is 1. The number of benzene rings is 1. The molecule has 1 saturated carbocycles. The Kier molecular flexibility index (Phi) is 7.91. The summed E-state index contributed by atoms with van der Waals surface area (Å²) in [5.41, 5.74) is 2.80. The van der Waals surface area contributed by atoms with Crippen molar-refractivity contribution < 1.29 is 13.9 Å². The van der Waals surface area contributed by atoms with Crippen LogP contribution < -0.4 is 16.0 Å². The average molecular weight is 521 g/mol. The number of nitrogens with one attached hydrogen (secondary N) is 3. The molecule has 3 N–H and O–H groups in total. The van der Waals surface area contributed by atoms with Crippen LogP contribution in [0.5, 0.6) is 0 Å². The number of rotatable bonds is 7. The lowest BCUT2D eigenvalue weighted by atomic mass is 10.0. The monoisotopic (exact) mass is 520 g/mol. The maximum Gasteiger partial charge on any atom is 0.254 e. The largest absolute Gasteiger partial charge is 0.378 e. The highest BCUT2D eigenvalue weighted by Gasteiger charge is 2.26. The molecule has 1 saturated heterocycles. The van der Waals surface area contributed by atoms with E-state index in [9.17, 15) is 9.18 Å². The second-order valence-electron chi connectivity index (χ2n) is 8.68. The molecule has 2 atom stereocenters. The van der Waals surface area contributed by atoms with Gasteiger partial charge in [0.1, 0.15) is 5.82 Å². The van der Waals surface area contributed by atoms with E-state index in [4.69, 9.17) is 16.3 Å². The quantitative estimate of drug-likeness (QED) is 0.438. The minimum Gasteiger partial charge on any atom is -0.378 e. The van der Waals surface area contributed by atoms with Gasteiger partial charge in [-0.05, 0) is 44.0 Å². The van der Waals surface area contributed by atoms with Crippen molar-refractivity contribution in [3.05, 3.63) is 59.4 Å². The summed E-state index contributed by atoms with van der Waals surface area (Å²) >= 11 is 6.33. The molecule has 0 radical (unpaired) electrons. The maximum atomic E-state index is 14.4. The number of methoxy groups -OCH3 is 1. The molecule has 1 aliphatic carbocycles. The normalized spacial score (nSPS) is 19.6. The van der Waals surface area contributed by atoms with Crippen LogP contribution in [0, 0.1) is 5.82 Å². The zero-order chi connectivity index (χ0) is 23.7. The fourth-order valence-electron chi connectivity index (χ4n) is 4.13. The molecule has 5 rings (SSSR count).